The van der Waals surface area contributed by atoms with Gasteiger partial charge in [0, 0.05) is 5.02 Å². The number of halogens is 1. The Kier molecular flexibility index (Phi) is 2.24. The molecule has 0 radical (unpaired) electrons. The minimum absolute atomic E-state index is 0.165. The van der Waals surface area contributed by atoms with E-state index >= 15 is 0 Å². The van der Waals surface area contributed by atoms with Gasteiger partial charge >= 0.3 is 11.7 Å². The molecular formula is C9H7ClN2O3. The molecule has 15 heavy (non-hydrogen) atoms. The first-order valence-electron chi connectivity index (χ1n) is 4.18. The number of hydrogen-bond acceptors (Lipinski definition) is 2. The maximum Gasteiger partial charge on any atom is 0.323 e. The van der Waals surface area contributed by atoms with Gasteiger partial charge in [-0.25, -0.2) is 4.79 Å². The van der Waals surface area contributed by atoms with Crippen molar-refractivity contribution >= 4 is 28.6 Å². The number of imidazole rings is 1. The number of nitrogens with one attached hydrogen (secondary N) is 2. The van der Waals surface area contributed by atoms with Crippen LogP contribution in [0.25, 0.3) is 11.0 Å². The third-order valence-corrected chi connectivity index (χ3v) is 2.38. The minimum atomic E-state index is -0.964. The van der Waals surface area contributed by atoms with Gasteiger partial charge in [-0.05, 0) is 17.7 Å². The SMILES string of the molecule is O=C(O)Cc1cc2[nH]c(=O)[nH]c2cc1Cl. The lowest BCUT2D eigenvalue weighted by molar-refractivity contribution is -0.136. The van der Waals surface area contributed by atoms with Gasteiger partial charge in [-0.1, -0.05) is 11.6 Å². The van der Waals surface area contributed by atoms with Crippen molar-refractivity contribution in [3.8, 4) is 0 Å². The number of fused-ring (bicyclic) bond motifs is 1. The van der Waals surface area contributed by atoms with Gasteiger partial charge in [-0.3, -0.25) is 4.79 Å². The molecule has 6 heteroatoms. The third-order valence-electron chi connectivity index (χ3n) is 2.02. The number of benzene rings is 1. The van der Waals surface area contributed by atoms with Crippen molar-refractivity contribution < 1.29 is 9.90 Å². The van der Waals surface area contributed by atoms with E-state index in [1.165, 1.54) is 6.07 Å². The summed E-state index contributed by atoms with van der Waals surface area (Å²) in [6, 6.07) is 3.09. The smallest absolute Gasteiger partial charge is 0.323 e. The van der Waals surface area contributed by atoms with Crippen LogP contribution in [-0.4, -0.2) is 21.0 Å². The van der Waals surface area contributed by atoms with Crippen LogP contribution in [0.3, 0.4) is 0 Å². The maximum absolute atomic E-state index is 11.0. The van der Waals surface area contributed by atoms with E-state index in [1.54, 1.807) is 6.07 Å². The molecule has 78 valence electrons. The van der Waals surface area contributed by atoms with Crippen LogP contribution in [-0.2, 0) is 11.2 Å². The zero-order chi connectivity index (χ0) is 11.0. The first kappa shape index (κ1) is 9.79. The van der Waals surface area contributed by atoms with Crippen molar-refractivity contribution in [3.63, 3.8) is 0 Å². The molecule has 0 spiro atoms. The Hall–Kier alpha value is -1.75. The average Bonchev–Trinajstić information content (AvgIpc) is 2.44. The molecule has 0 bridgehead atoms. The van der Waals surface area contributed by atoms with Crippen LogP contribution in [0.15, 0.2) is 16.9 Å². The molecule has 1 heterocycles. The highest BCUT2D eigenvalue weighted by molar-refractivity contribution is 6.32. The Morgan fingerprint density at radius 3 is 2.53 bits per heavy atom. The van der Waals surface area contributed by atoms with Crippen molar-refractivity contribution in [2.24, 2.45) is 0 Å². The van der Waals surface area contributed by atoms with Crippen molar-refractivity contribution in [3.05, 3.63) is 33.2 Å². The lowest BCUT2D eigenvalue weighted by Gasteiger charge is -2.00. The molecule has 0 saturated carbocycles. The molecule has 0 atom stereocenters. The van der Waals surface area contributed by atoms with E-state index in [0.717, 1.165) is 0 Å². The summed E-state index contributed by atoms with van der Waals surface area (Å²) < 4.78 is 0. The Morgan fingerprint density at radius 1 is 1.33 bits per heavy atom. The molecule has 3 N–H and O–H groups in total. The molecule has 0 saturated heterocycles. The number of rotatable bonds is 2. The van der Waals surface area contributed by atoms with Crippen LogP contribution in [0.5, 0.6) is 0 Å². The Labute approximate surface area is 88.7 Å². The molecule has 1 aromatic carbocycles. The fourth-order valence-corrected chi connectivity index (χ4v) is 1.63. The largest absolute Gasteiger partial charge is 0.481 e. The Morgan fingerprint density at radius 2 is 1.93 bits per heavy atom. The topological polar surface area (TPSA) is 85.9 Å². The molecule has 2 aromatic rings. The summed E-state index contributed by atoms with van der Waals surface area (Å²) in [4.78, 5) is 26.6. The summed E-state index contributed by atoms with van der Waals surface area (Å²) >= 11 is 5.86. The lowest BCUT2D eigenvalue weighted by Crippen LogP contribution is -2.00. The summed E-state index contributed by atoms with van der Waals surface area (Å²) in [5.41, 5.74) is 1.26. The van der Waals surface area contributed by atoms with Crippen LogP contribution in [0.2, 0.25) is 5.02 Å². The van der Waals surface area contributed by atoms with Gasteiger partial charge in [0.15, 0.2) is 0 Å². The molecule has 5 nitrogen and oxygen atoms in total. The van der Waals surface area contributed by atoms with E-state index in [4.69, 9.17) is 16.7 Å². The van der Waals surface area contributed by atoms with Crippen molar-refractivity contribution in [1.82, 2.24) is 9.97 Å². The van der Waals surface area contributed by atoms with Crippen molar-refractivity contribution in [1.29, 1.82) is 0 Å². The van der Waals surface area contributed by atoms with Crippen LogP contribution < -0.4 is 5.69 Å². The molecule has 0 fully saturated rings. The normalized spacial score (nSPS) is 10.7. The molecule has 0 unspecified atom stereocenters. The van der Waals surface area contributed by atoms with Crippen LogP contribution >= 0.6 is 11.6 Å². The quantitative estimate of drug-likeness (QED) is 0.718. The standard InChI is InChI=1S/C9H7ClN2O3/c10-5-3-7-6(11-9(15)12-7)1-4(5)2-8(13)14/h1,3H,2H2,(H,13,14)(H2,11,12,15). The lowest BCUT2D eigenvalue weighted by atomic mass is 10.1. The van der Waals surface area contributed by atoms with E-state index in [2.05, 4.69) is 9.97 Å². The number of hydrogen-bond donors (Lipinski definition) is 3. The van der Waals surface area contributed by atoms with Crippen molar-refractivity contribution in [2.75, 3.05) is 0 Å². The molecule has 0 aliphatic heterocycles. The zero-order valence-corrected chi connectivity index (χ0v) is 8.26. The number of aliphatic carboxylic acids is 1. The molecule has 0 aliphatic rings. The zero-order valence-electron chi connectivity index (χ0n) is 7.50. The molecule has 2 rings (SSSR count). The summed E-state index contributed by atoms with van der Waals surface area (Å²) in [6.45, 7) is 0. The van der Waals surface area contributed by atoms with Crippen molar-refractivity contribution in [2.45, 2.75) is 6.42 Å². The van der Waals surface area contributed by atoms with Gasteiger partial charge in [0.2, 0.25) is 0 Å². The summed E-state index contributed by atoms with van der Waals surface area (Å²) in [5, 5.41) is 8.96. The number of H-pyrrole nitrogens is 2. The van der Waals surface area contributed by atoms with Gasteiger partial charge in [0.1, 0.15) is 0 Å². The predicted octanol–water partition coefficient (Wildman–Crippen LogP) is 1.14. The van der Waals surface area contributed by atoms with Gasteiger partial charge in [-0.15, -0.1) is 0 Å². The number of carboxylic acid groups (broad SMARTS) is 1. The average molecular weight is 227 g/mol. The van der Waals surface area contributed by atoms with Gasteiger partial charge in [0.25, 0.3) is 0 Å². The minimum Gasteiger partial charge on any atom is -0.481 e. The highest BCUT2D eigenvalue weighted by atomic mass is 35.5. The van der Waals surface area contributed by atoms with E-state index in [1.807, 2.05) is 0 Å². The van der Waals surface area contributed by atoms with E-state index in [0.29, 0.717) is 21.6 Å². The first-order valence-corrected chi connectivity index (χ1v) is 4.56. The van der Waals surface area contributed by atoms with E-state index in [-0.39, 0.29) is 12.1 Å². The highest BCUT2D eigenvalue weighted by Crippen LogP contribution is 2.21. The molecule has 0 amide bonds. The number of carbonyl (C=O) groups is 1. The van der Waals surface area contributed by atoms with E-state index < -0.39 is 5.97 Å². The highest BCUT2D eigenvalue weighted by Gasteiger charge is 2.08. The van der Waals surface area contributed by atoms with Gasteiger partial charge in [-0.2, -0.15) is 0 Å². The Balaban J connectivity index is 2.60. The van der Waals surface area contributed by atoms with E-state index in [9.17, 15) is 9.59 Å². The maximum atomic E-state index is 11.0. The predicted molar refractivity (Wildman–Crippen MR) is 55.3 cm³/mol. The van der Waals surface area contributed by atoms with Gasteiger partial charge in [0.05, 0.1) is 17.5 Å². The molecular weight excluding hydrogens is 220 g/mol. The first-order chi connectivity index (χ1) is 7.06. The fraction of sp³-hybridized carbons (Fsp3) is 0.111. The monoisotopic (exact) mass is 226 g/mol. The molecule has 0 aliphatic carbocycles. The Bertz CT molecular complexity index is 585. The third kappa shape index (κ3) is 1.87. The second-order valence-corrected chi connectivity index (χ2v) is 3.55. The summed E-state index contributed by atoms with van der Waals surface area (Å²) in [7, 11) is 0. The summed E-state index contributed by atoms with van der Waals surface area (Å²) in [6.07, 6.45) is -0.165. The summed E-state index contributed by atoms with van der Waals surface area (Å²) in [5.74, 6) is -0.964. The second kappa shape index (κ2) is 3.43. The molecule has 1 aromatic heterocycles. The number of carboxylic acids is 1. The number of aromatic nitrogens is 2. The number of aromatic amines is 2. The second-order valence-electron chi connectivity index (χ2n) is 3.14. The van der Waals surface area contributed by atoms with Crippen LogP contribution in [0.1, 0.15) is 5.56 Å². The van der Waals surface area contributed by atoms with Crippen LogP contribution in [0.4, 0.5) is 0 Å². The van der Waals surface area contributed by atoms with Gasteiger partial charge < -0.3 is 15.1 Å². The fourth-order valence-electron chi connectivity index (χ4n) is 1.40. The van der Waals surface area contributed by atoms with Crippen LogP contribution in [0, 0.1) is 0 Å².